The fraction of sp³-hybridized carbons (Fsp3) is 0.333. The number of halogens is 2. The molecule has 0 aromatic carbocycles. The van der Waals surface area contributed by atoms with Crippen LogP contribution in [0.5, 0.6) is 0 Å². The Morgan fingerprint density at radius 2 is 2.07 bits per heavy atom. The van der Waals surface area contributed by atoms with Crippen molar-refractivity contribution in [2.45, 2.75) is 13.3 Å². The number of anilines is 1. The number of rotatable bonds is 4. The average Bonchev–Trinajstić information content (AvgIpc) is 2.69. The van der Waals surface area contributed by atoms with Crippen LogP contribution in [-0.4, -0.2) is 60.3 Å². The third kappa shape index (κ3) is 4.18. The van der Waals surface area contributed by atoms with Gasteiger partial charge >= 0.3 is 0 Å². The number of aliphatic imine (C=N–C) groups is 1. The summed E-state index contributed by atoms with van der Waals surface area (Å²) in [5.74, 6) is 0.956. The topological polar surface area (TPSA) is 84.7 Å². The normalized spacial score (nSPS) is 18.9. The number of carbonyl (C=O) groups is 1. The summed E-state index contributed by atoms with van der Waals surface area (Å²) in [4.78, 5) is 23.6. The minimum atomic E-state index is -2.68. The van der Waals surface area contributed by atoms with Gasteiger partial charge < -0.3 is 20.5 Å². The van der Waals surface area contributed by atoms with Gasteiger partial charge in [-0.1, -0.05) is 0 Å². The Labute approximate surface area is 155 Å². The molecule has 0 radical (unpaired) electrons. The predicted octanol–water partition coefficient (Wildman–Crippen LogP) is 1.89. The van der Waals surface area contributed by atoms with Crippen molar-refractivity contribution in [1.29, 1.82) is 5.41 Å². The molecule has 0 bridgehead atoms. The number of aromatic nitrogens is 1. The van der Waals surface area contributed by atoms with Crippen molar-refractivity contribution >= 4 is 29.2 Å². The van der Waals surface area contributed by atoms with E-state index in [0.717, 1.165) is 6.21 Å². The minimum Gasteiger partial charge on any atom is -0.353 e. The van der Waals surface area contributed by atoms with E-state index in [-0.39, 0.29) is 17.4 Å². The lowest BCUT2D eigenvalue weighted by Gasteiger charge is -2.35. The molecule has 1 aromatic heterocycles. The van der Waals surface area contributed by atoms with E-state index in [2.05, 4.69) is 20.2 Å². The third-order valence-electron chi connectivity index (χ3n) is 4.44. The SMILES string of the molecule is CC(=O)N1CCN(c2cc(/C(C=N)=C3\N=C(C(F)F)C=CN3)ccn2)CC1. The lowest BCUT2D eigenvalue weighted by Crippen LogP contribution is -2.48. The highest BCUT2D eigenvalue weighted by atomic mass is 19.3. The van der Waals surface area contributed by atoms with E-state index in [1.807, 2.05) is 0 Å². The molecule has 2 aliphatic heterocycles. The summed E-state index contributed by atoms with van der Waals surface area (Å²) in [6, 6.07) is 3.51. The molecule has 0 aliphatic carbocycles. The first-order valence-corrected chi connectivity index (χ1v) is 8.51. The molecule has 7 nitrogen and oxygen atoms in total. The summed E-state index contributed by atoms with van der Waals surface area (Å²) in [6.07, 6.45) is 2.61. The van der Waals surface area contributed by atoms with Gasteiger partial charge in [-0.05, 0) is 23.8 Å². The molecule has 2 aliphatic rings. The number of hydrogen-bond donors (Lipinski definition) is 2. The van der Waals surface area contributed by atoms with Gasteiger partial charge in [0, 0.05) is 57.3 Å². The molecule has 1 aromatic rings. The van der Waals surface area contributed by atoms with Crippen LogP contribution >= 0.6 is 0 Å². The van der Waals surface area contributed by atoms with E-state index in [9.17, 15) is 13.6 Å². The molecule has 2 N–H and O–H groups in total. The van der Waals surface area contributed by atoms with Gasteiger partial charge in [0.2, 0.25) is 5.91 Å². The molecule has 3 rings (SSSR count). The highest BCUT2D eigenvalue weighted by Gasteiger charge is 2.21. The molecule has 142 valence electrons. The van der Waals surface area contributed by atoms with Gasteiger partial charge in [0.25, 0.3) is 6.43 Å². The van der Waals surface area contributed by atoms with Crippen LogP contribution in [0, 0.1) is 5.41 Å². The maximum atomic E-state index is 12.9. The first-order valence-electron chi connectivity index (χ1n) is 8.51. The lowest BCUT2D eigenvalue weighted by atomic mass is 10.1. The van der Waals surface area contributed by atoms with Gasteiger partial charge in [0.05, 0.1) is 0 Å². The van der Waals surface area contributed by atoms with E-state index >= 15 is 0 Å². The molecule has 0 atom stereocenters. The summed E-state index contributed by atoms with van der Waals surface area (Å²) >= 11 is 0. The Morgan fingerprint density at radius 1 is 1.33 bits per heavy atom. The summed E-state index contributed by atoms with van der Waals surface area (Å²) in [5.41, 5.74) is 0.695. The molecular weight excluding hydrogens is 354 g/mol. The molecule has 3 heterocycles. The molecule has 1 saturated heterocycles. The summed E-state index contributed by atoms with van der Waals surface area (Å²) < 4.78 is 25.8. The molecule has 0 spiro atoms. The number of carbonyl (C=O) groups excluding carboxylic acids is 1. The van der Waals surface area contributed by atoms with Gasteiger partial charge in [-0.25, -0.2) is 18.8 Å². The molecule has 1 amide bonds. The second-order valence-corrected chi connectivity index (χ2v) is 6.12. The fourth-order valence-electron chi connectivity index (χ4n) is 2.96. The van der Waals surface area contributed by atoms with Crippen molar-refractivity contribution in [2.24, 2.45) is 4.99 Å². The quantitative estimate of drug-likeness (QED) is 0.789. The first-order chi connectivity index (χ1) is 13.0. The van der Waals surface area contributed by atoms with E-state index in [0.29, 0.717) is 43.1 Å². The number of allylic oxidation sites excluding steroid dienone is 2. The average molecular weight is 374 g/mol. The summed E-state index contributed by atoms with van der Waals surface area (Å²) in [5, 5.41) is 10.5. The van der Waals surface area contributed by atoms with Crippen LogP contribution in [0.4, 0.5) is 14.6 Å². The second-order valence-electron chi connectivity index (χ2n) is 6.12. The van der Waals surface area contributed by atoms with Crippen LogP contribution in [0.3, 0.4) is 0 Å². The number of nitrogens with zero attached hydrogens (tertiary/aromatic N) is 4. The molecule has 27 heavy (non-hydrogen) atoms. The molecule has 9 heteroatoms. The van der Waals surface area contributed by atoms with Crippen LogP contribution in [0.2, 0.25) is 0 Å². The summed E-state index contributed by atoms with van der Waals surface area (Å²) in [6.45, 7) is 4.10. The third-order valence-corrected chi connectivity index (χ3v) is 4.44. The zero-order valence-electron chi connectivity index (χ0n) is 14.8. The van der Waals surface area contributed by atoms with Crippen molar-refractivity contribution in [1.82, 2.24) is 15.2 Å². The monoisotopic (exact) mass is 374 g/mol. The van der Waals surface area contributed by atoms with Crippen molar-refractivity contribution in [3.05, 3.63) is 42.0 Å². The Balaban J connectivity index is 1.86. The van der Waals surface area contributed by atoms with Crippen LogP contribution in [0.15, 0.2) is 41.4 Å². The van der Waals surface area contributed by atoms with Gasteiger partial charge in [-0.2, -0.15) is 0 Å². The number of alkyl halides is 2. The van der Waals surface area contributed by atoms with Crippen molar-refractivity contribution in [3.63, 3.8) is 0 Å². The Morgan fingerprint density at radius 3 is 2.70 bits per heavy atom. The predicted molar refractivity (Wildman–Crippen MR) is 100 cm³/mol. The highest BCUT2D eigenvalue weighted by Crippen LogP contribution is 2.23. The number of hydrogen-bond acceptors (Lipinski definition) is 6. The van der Waals surface area contributed by atoms with Crippen molar-refractivity contribution < 1.29 is 13.6 Å². The van der Waals surface area contributed by atoms with Crippen LogP contribution in [-0.2, 0) is 4.79 Å². The Kier molecular flexibility index (Phi) is 5.58. The van der Waals surface area contributed by atoms with E-state index in [4.69, 9.17) is 5.41 Å². The number of nitrogens with one attached hydrogen (secondary N) is 2. The molecule has 0 saturated carbocycles. The maximum absolute atomic E-state index is 12.9. The molecule has 1 fully saturated rings. The standard InChI is InChI=1S/C18H20F2N6O/c1-12(27)25-6-8-26(9-7-25)16-10-13(2-4-22-16)14(11-21)18-23-5-3-15(24-18)17(19)20/h2-5,10-11,17,21,23H,6-9H2,1H3/b18-14-,21-11?. The van der Waals surface area contributed by atoms with Crippen LogP contribution in [0.1, 0.15) is 12.5 Å². The zero-order chi connectivity index (χ0) is 19.4. The smallest absolute Gasteiger partial charge is 0.280 e. The van der Waals surface area contributed by atoms with E-state index in [1.54, 1.807) is 30.2 Å². The van der Waals surface area contributed by atoms with Gasteiger partial charge in [0.1, 0.15) is 17.4 Å². The number of pyridine rings is 1. The maximum Gasteiger partial charge on any atom is 0.280 e. The minimum absolute atomic E-state index is 0.0521. The Bertz CT molecular complexity index is 825. The van der Waals surface area contributed by atoms with Crippen molar-refractivity contribution in [2.75, 3.05) is 31.1 Å². The van der Waals surface area contributed by atoms with E-state index < -0.39 is 6.43 Å². The highest BCUT2D eigenvalue weighted by molar-refractivity contribution is 6.11. The second kappa shape index (κ2) is 8.07. The molecule has 0 unspecified atom stereocenters. The van der Waals surface area contributed by atoms with Gasteiger partial charge in [-0.3, -0.25) is 4.79 Å². The lowest BCUT2D eigenvalue weighted by molar-refractivity contribution is -0.129. The summed E-state index contributed by atoms with van der Waals surface area (Å²) in [7, 11) is 0. The number of amides is 1. The molecular formula is C18H20F2N6O. The fourth-order valence-corrected chi connectivity index (χ4v) is 2.96. The van der Waals surface area contributed by atoms with Crippen LogP contribution < -0.4 is 10.2 Å². The van der Waals surface area contributed by atoms with Crippen LogP contribution in [0.25, 0.3) is 5.57 Å². The Hall–Kier alpha value is -3.10. The van der Waals surface area contributed by atoms with Gasteiger partial charge in [0.15, 0.2) is 0 Å². The van der Waals surface area contributed by atoms with Crippen molar-refractivity contribution in [3.8, 4) is 0 Å². The van der Waals surface area contributed by atoms with E-state index in [1.165, 1.54) is 12.3 Å². The van der Waals surface area contributed by atoms with Gasteiger partial charge in [-0.15, -0.1) is 0 Å². The first kappa shape index (κ1) is 18.7. The number of piperazine rings is 1. The zero-order valence-corrected chi connectivity index (χ0v) is 14.8. The largest absolute Gasteiger partial charge is 0.353 e.